The Morgan fingerprint density at radius 2 is 1.78 bits per heavy atom. The summed E-state index contributed by atoms with van der Waals surface area (Å²) in [7, 11) is 0. The van der Waals surface area contributed by atoms with Crippen molar-refractivity contribution in [3.63, 3.8) is 0 Å². The number of carbonyl (C=O) groups excluding carboxylic acids is 1. The van der Waals surface area contributed by atoms with Gasteiger partial charge in [-0.15, -0.1) is 24.2 Å². The molecule has 1 unspecified atom stereocenters. The van der Waals surface area contributed by atoms with Crippen LogP contribution < -0.4 is 11.1 Å². The minimum atomic E-state index is -0.552. The lowest BCUT2D eigenvalue weighted by Crippen LogP contribution is -2.32. The molecular formula is C19H24ClN3O3S. The van der Waals surface area contributed by atoms with Crippen LogP contribution in [-0.2, 0) is 0 Å². The van der Waals surface area contributed by atoms with Gasteiger partial charge in [-0.1, -0.05) is 38.1 Å². The fraction of sp³-hybridized carbons (Fsp3) is 0.316. The van der Waals surface area contributed by atoms with Crippen molar-refractivity contribution in [3.8, 4) is 0 Å². The van der Waals surface area contributed by atoms with Crippen LogP contribution in [0.5, 0.6) is 0 Å². The normalized spacial score (nSPS) is 11.6. The van der Waals surface area contributed by atoms with Crippen LogP contribution in [0.15, 0.2) is 47.4 Å². The van der Waals surface area contributed by atoms with Crippen molar-refractivity contribution in [1.82, 2.24) is 5.32 Å². The van der Waals surface area contributed by atoms with Crippen molar-refractivity contribution < 1.29 is 9.72 Å². The van der Waals surface area contributed by atoms with E-state index in [2.05, 4.69) is 19.2 Å². The molecule has 1 atom stereocenters. The topological polar surface area (TPSA) is 98.3 Å². The second kappa shape index (κ2) is 10.3. The van der Waals surface area contributed by atoms with Crippen LogP contribution in [0.2, 0.25) is 0 Å². The monoisotopic (exact) mass is 409 g/mol. The average Bonchev–Trinajstić information content (AvgIpc) is 2.65. The lowest BCUT2D eigenvalue weighted by molar-refractivity contribution is -0.385. The Balaban J connectivity index is 0.00000364. The molecular weight excluding hydrogens is 386 g/mol. The van der Waals surface area contributed by atoms with Crippen LogP contribution in [0.4, 0.5) is 5.69 Å². The van der Waals surface area contributed by atoms with Crippen molar-refractivity contribution in [2.45, 2.75) is 30.7 Å². The molecule has 0 bridgehead atoms. The van der Waals surface area contributed by atoms with Crippen molar-refractivity contribution >= 4 is 35.8 Å². The van der Waals surface area contributed by atoms with E-state index in [-0.39, 0.29) is 36.2 Å². The number of nitrogens with zero attached hydrogens (tertiary/aromatic N) is 1. The SMILES string of the molecule is CSc1ccc([N+](=O)[O-])c(C(=O)NCC(N)c2ccc(C(C)C)cc2)c1.Cl. The summed E-state index contributed by atoms with van der Waals surface area (Å²) in [6.45, 7) is 4.43. The molecule has 0 aliphatic rings. The molecule has 3 N–H and O–H groups in total. The maximum atomic E-state index is 12.4. The molecule has 0 heterocycles. The number of benzene rings is 2. The Labute approximate surface area is 169 Å². The Bertz CT molecular complexity index is 797. The zero-order valence-corrected chi connectivity index (χ0v) is 17.1. The van der Waals surface area contributed by atoms with Gasteiger partial charge in [-0.25, -0.2) is 0 Å². The molecule has 146 valence electrons. The molecule has 0 radical (unpaired) electrons. The van der Waals surface area contributed by atoms with Crippen LogP contribution in [0.25, 0.3) is 0 Å². The first-order chi connectivity index (χ1) is 12.3. The van der Waals surface area contributed by atoms with Gasteiger partial charge in [0.25, 0.3) is 11.6 Å². The number of thioether (sulfide) groups is 1. The van der Waals surface area contributed by atoms with Gasteiger partial charge in [-0.3, -0.25) is 14.9 Å². The van der Waals surface area contributed by atoms with E-state index in [1.54, 1.807) is 6.07 Å². The van der Waals surface area contributed by atoms with E-state index in [9.17, 15) is 14.9 Å². The predicted molar refractivity (Wildman–Crippen MR) is 112 cm³/mol. The highest BCUT2D eigenvalue weighted by Gasteiger charge is 2.21. The molecule has 6 nitrogen and oxygen atoms in total. The Morgan fingerprint density at radius 1 is 1.19 bits per heavy atom. The van der Waals surface area contributed by atoms with Crippen molar-refractivity contribution in [2.75, 3.05) is 12.8 Å². The second-order valence-electron chi connectivity index (χ2n) is 6.28. The molecule has 27 heavy (non-hydrogen) atoms. The van der Waals surface area contributed by atoms with E-state index >= 15 is 0 Å². The molecule has 2 aromatic carbocycles. The van der Waals surface area contributed by atoms with E-state index in [0.717, 1.165) is 10.5 Å². The highest BCUT2D eigenvalue weighted by atomic mass is 35.5. The quantitative estimate of drug-likeness (QED) is 0.403. The van der Waals surface area contributed by atoms with Crippen LogP contribution >= 0.6 is 24.2 Å². The number of carbonyl (C=O) groups is 1. The Hall–Kier alpha value is -2.09. The standard InChI is InChI=1S/C19H23N3O3S.ClH/c1-12(2)13-4-6-14(7-5-13)17(20)11-21-19(23)16-10-15(26-3)8-9-18(16)22(24)25;/h4-10,12,17H,11,20H2,1-3H3,(H,21,23);1H. The summed E-state index contributed by atoms with van der Waals surface area (Å²) >= 11 is 1.42. The summed E-state index contributed by atoms with van der Waals surface area (Å²) in [6, 6.07) is 12.1. The maximum absolute atomic E-state index is 12.4. The predicted octanol–water partition coefficient (Wildman–Crippen LogP) is 4.29. The molecule has 1 amide bonds. The first-order valence-corrected chi connectivity index (χ1v) is 9.52. The number of hydrogen-bond donors (Lipinski definition) is 2. The second-order valence-corrected chi connectivity index (χ2v) is 7.16. The van der Waals surface area contributed by atoms with Crippen LogP contribution in [0, 0.1) is 10.1 Å². The van der Waals surface area contributed by atoms with Crippen molar-refractivity contribution in [2.24, 2.45) is 5.73 Å². The maximum Gasteiger partial charge on any atom is 0.282 e. The lowest BCUT2D eigenvalue weighted by atomic mass is 9.99. The number of nitrogens with one attached hydrogen (secondary N) is 1. The largest absolute Gasteiger partial charge is 0.350 e. The summed E-state index contributed by atoms with van der Waals surface area (Å²) in [5.74, 6) is -0.0638. The number of nitrogens with two attached hydrogens (primary N) is 1. The molecule has 0 fully saturated rings. The first kappa shape index (κ1) is 23.0. The summed E-state index contributed by atoms with van der Waals surface area (Å²) in [5.41, 5.74) is 8.10. The first-order valence-electron chi connectivity index (χ1n) is 8.29. The van der Waals surface area contributed by atoms with E-state index in [4.69, 9.17) is 5.73 Å². The third-order valence-corrected chi connectivity index (χ3v) is 4.88. The number of amides is 1. The highest BCUT2D eigenvalue weighted by Crippen LogP contribution is 2.25. The summed E-state index contributed by atoms with van der Waals surface area (Å²) in [4.78, 5) is 23.8. The lowest BCUT2D eigenvalue weighted by Gasteiger charge is -2.15. The Kier molecular flexibility index (Phi) is 8.75. The van der Waals surface area contributed by atoms with E-state index in [1.807, 2.05) is 30.5 Å². The molecule has 0 saturated heterocycles. The van der Waals surface area contributed by atoms with Gasteiger partial charge in [0, 0.05) is 23.5 Å². The summed E-state index contributed by atoms with van der Waals surface area (Å²) < 4.78 is 0. The van der Waals surface area contributed by atoms with Gasteiger partial charge in [0.1, 0.15) is 5.56 Å². The van der Waals surface area contributed by atoms with Gasteiger partial charge in [0.05, 0.1) is 4.92 Å². The van der Waals surface area contributed by atoms with Gasteiger partial charge in [-0.05, 0) is 35.4 Å². The van der Waals surface area contributed by atoms with E-state index in [0.29, 0.717) is 5.92 Å². The number of nitro benzene ring substituents is 1. The van der Waals surface area contributed by atoms with Crippen LogP contribution in [-0.4, -0.2) is 23.6 Å². The van der Waals surface area contributed by atoms with Gasteiger partial charge >= 0.3 is 0 Å². The molecule has 0 spiro atoms. The van der Waals surface area contributed by atoms with Gasteiger partial charge in [0.15, 0.2) is 0 Å². The molecule has 2 rings (SSSR count). The Morgan fingerprint density at radius 3 is 2.30 bits per heavy atom. The molecule has 0 aliphatic carbocycles. The summed E-state index contributed by atoms with van der Waals surface area (Å²) in [5, 5.41) is 13.9. The zero-order chi connectivity index (χ0) is 19.3. The smallest absolute Gasteiger partial charge is 0.282 e. The minimum Gasteiger partial charge on any atom is -0.350 e. The van der Waals surface area contributed by atoms with Crippen LogP contribution in [0.1, 0.15) is 47.3 Å². The third kappa shape index (κ3) is 5.95. The number of hydrogen-bond acceptors (Lipinski definition) is 5. The summed E-state index contributed by atoms with van der Waals surface area (Å²) in [6.07, 6.45) is 1.85. The fourth-order valence-corrected chi connectivity index (χ4v) is 2.97. The molecule has 0 aromatic heterocycles. The van der Waals surface area contributed by atoms with Gasteiger partial charge in [-0.2, -0.15) is 0 Å². The van der Waals surface area contributed by atoms with Gasteiger partial charge < -0.3 is 11.1 Å². The molecule has 0 aliphatic heterocycles. The number of rotatable bonds is 7. The van der Waals surface area contributed by atoms with Crippen molar-refractivity contribution in [1.29, 1.82) is 0 Å². The highest BCUT2D eigenvalue weighted by molar-refractivity contribution is 7.98. The third-order valence-electron chi connectivity index (χ3n) is 4.16. The average molecular weight is 410 g/mol. The van der Waals surface area contributed by atoms with Crippen LogP contribution in [0.3, 0.4) is 0 Å². The zero-order valence-electron chi connectivity index (χ0n) is 15.5. The molecule has 2 aromatic rings. The van der Waals surface area contributed by atoms with Gasteiger partial charge in [0.2, 0.25) is 0 Å². The van der Waals surface area contributed by atoms with E-state index in [1.165, 1.54) is 29.5 Å². The molecule has 0 saturated carbocycles. The fourth-order valence-electron chi connectivity index (χ4n) is 2.53. The molecule has 8 heteroatoms. The van der Waals surface area contributed by atoms with E-state index < -0.39 is 10.8 Å². The number of halogens is 1. The minimum absolute atomic E-state index is 0. The number of nitro groups is 1. The van der Waals surface area contributed by atoms with Crippen molar-refractivity contribution in [3.05, 3.63) is 69.3 Å².